The molecular weight excluding hydrogens is 558 g/mol. The highest BCUT2D eigenvalue weighted by Crippen LogP contribution is 2.48. The smallest absolute Gasteiger partial charge is 0.422 e. The van der Waals surface area contributed by atoms with Crippen molar-refractivity contribution in [1.82, 2.24) is 25.4 Å². The molecule has 3 heterocycles. The van der Waals surface area contributed by atoms with Crippen LogP contribution >= 0.6 is 0 Å². The van der Waals surface area contributed by atoms with E-state index in [1.54, 1.807) is 18.0 Å². The molecule has 42 heavy (non-hydrogen) atoms. The summed E-state index contributed by atoms with van der Waals surface area (Å²) in [6.45, 7) is 1.43. The number of benzene rings is 2. The number of amides is 1. The molecule has 4 aromatic rings. The van der Waals surface area contributed by atoms with Gasteiger partial charge >= 0.3 is 6.18 Å². The lowest BCUT2D eigenvalue weighted by molar-refractivity contribution is -0.138. The summed E-state index contributed by atoms with van der Waals surface area (Å²) in [4.78, 5) is 21.0. The molecule has 10 nitrogen and oxygen atoms in total. The van der Waals surface area contributed by atoms with Crippen LogP contribution in [0.5, 0.6) is 11.5 Å². The molecule has 2 N–H and O–H groups in total. The largest absolute Gasteiger partial charge is 0.454 e. The van der Waals surface area contributed by atoms with Gasteiger partial charge in [-0.05, 0) is 44.4 Å². The second-order valence-corrected chi connectivity index (χ2v) is 9.63. The van der Waals surface area contributed by atoms with E-state index in [1.807, 2.05) is 11.9 Å². The first kappa shape index (κ1) is 29.0. The van der Waals surface area contributed by atoms with Crippen LogP contribution in [0.2, 0.25) is 0 Å². The number of halogens is 4. The number of nitrogens with one attached hydrogen (secondary N) is 2. The number of nitrogens with zero attached hydrogens (tertiary/aromatic N) is 5. The highest BCUT2D eigenvalue weighted by atomic mass is 19.4. The SMILES string of the molecule is CNC[C@H]1CN(c2c(NC(=O)c3coc(-c4ccnnc4)n3)ccc(Oc3ccccc3F)c2C(F)(F)F)CCN1C. The van der Waals surface area contributed by atoms with E-state index in [-0.39, 0.29) is 47.8 Å². The molecule has 2 aromatic carbocycles. The minimum absolute atomic E-state index is 0.0915. The number of ether oxygens (including phenoxy) is 1. The molecule has 1 aliphatic rings. The Morgan fingerprint density at radius 3 is 2.64 bits per heavy atom. The van der Waals surface area contributed by atoms with E-state index in [4.69, 9.17) is 9.15 Å². The van der Waals surface area contributed by atoms with Gasteiger partial charge in [0.2, 0.25) is 5.89 Å². The molecule has 1 atom stereocenters. The third kappa shape index (κ3) is 6.19. The lowest BCUT2D eigenvalue weighted by Crippen LogP contribution is -2.55. The predicted molar refractivity (Wildman–Crippen MR) is 146 cm³/mol. The maximum atomic E-state index is 14.8. The molecule has 0 aliphatic carbocycles. The Morgan fingerprint density at radius 1 is 1.12 bits per heavy atom. The molecule has 0 saturated carbocycles. The predicted octanol–water partition coefficient (Wildman–Crippen LogP) is 4.67. The fourth-order valence-corrected chi connectivity index (χ4v) is 4.73. The molecule has 1 saturated heterocycles. The van der Waals surface area contributed by atoms with E-state index in [0.29, 0.717) is 18.7 Å². The van der Waals surface area contributed by atoms with Crippen LogP contribution in [0.3, 0.4) is 0 Å². The summed E-state index contributed by atoms with van der Waals surface area (Å²) in [5.74, 6) is -2.47. The number of para-hydroxylation sites is 1. The van der Waals surface area contributed by atoms with E-state index in [1.165, 1.54) is 36.7 Å². The highest BCUT2D eigenvalue weighted by Gasteiger charge is 2.42. The number of piperazine rings is 1. The number of hydrogen-bond acceptors (Lipinski definition) is 9. The lowest BCUT2D eigenvalue weighted by Gasteiger charge is -2.42. The van der Waals surface area contributed by atoms with Gasteiger partial charge in [-0.3, -0.25) is 9.69 Å². The van der Waals surface area contributed by atoms with E-state index in [9.17, 15) is 22.4 Å². The Hall–Kier alpha value is -4.56. The fraction of sp³-hybridized carbons (Fsp3) is 0.286. The lowest BCUT2D eigenvalue weighted by atomic mass is 10.0. The van der Waals surface area contributed by atoms with Crippen molar-refractivity contribution in [2.24, 2.45) is 0 Å². The normalized spacial score (nSPS) is 16.0. The third-order valence-corrected chi connectivity index (χ3v) is 6.83. The number of carbonyl (C=O) groups is 1. The molecule has 1 aliphatic heterocycles. The van der Waals surface area contributed by atoms with E-state index < -0.39 is 29.2 Å². The fourth-order valence-electron chi connectivity index (χ4n) is 4.73. The van der Waals surface area contributed by atoms with Crippen LogP contribution in [0.25, 0.3) is 11.5 Å². The van der Waals surface area contributed by atoms with Crippen molar-refractivity contribution in [3.8, 4) is 23.0 Å². The van der Waals surface area contributed by atoms with Crippen molar-refractivity contribution in [1.29, 1.82) is 0 Å². The standard InChI is InChI=1S/C28H27F4N7O3/c1-33-14-18-15-39(12-11-38(18)2)25-20(36-26(40)21-16-41-27(37-21)17-9-10-34-35-13-17)7-8-23(24(25)28(30,31)32)42-22-6-4-3-5-19(22)29/h3-10,13,16,18,33H,11-12,14-15H2,1-2H3,(H,36,40)/t18-/m0/s1. The van der Waals surface area contributed by atoms with Gasteiger partial charge in [-0.1, -0.05) is 12.1 Å². The zero-order chi connectivity index (χ0) is 29.9. The molecule has 0 radical (unpaired) electrons. The van der Waals surface area contributed by atoms with Gasteiger partial charge in [0.05, 0.1) is 29.3 Å². The Morgan fingerprint density at radius 2 is 1.93 bits per heavy atom. The average Bonchev–Trinajstić information content (AvgIpc) is 3.47. The zero-order valence-corrected chi connectivity index (χ0v) is 22.7. The summed E-state index contributed by atoms with van der Waals surface area (Å²) in [6.07, 6.45) is -1.01. The summed E-state index contributed by atoms with van der Waals surface area (Å²) >= 11 is 0. The first-order valence-electron chi connectivity index (χ1n) is 13.0. The van der Waals surface area contributed by atoms with Crippen molar-refractivity contribution in [3.05, 3.63) is 78.2 Å². The number of alkyl halides is 3. The van der Waals surface area contributed by atoms with Gasteiger partial charge < -0.3 is 24.7 Å². The van der Waals surface area contributed by atoms with Crippen molar-refractivity contribution in [2.75, 3.05) is 50.5 Å². The van der Waals surface area contributed by atoms with Crippen LogP contribution in [0.15, 0.2) is 65.5 Å². The number of hydrogen-bond donors (Lipinski definition) is 2. The minimum Gasteiger partial charge on any atom is -0.454 e. The number of rotatable bonds is 8. The molecule has 2 aromatic heterocycles. The molecule has 0 spiro atoms. The molecule has 1 amide bonds. The molecule has 14 heteroatoms. The Labute approximate surface area is 238 Å². The maximum Gasteiger partial charge on any atom is 0.422 e. The molecular formula is C28H27F4N7O3. The van der Waals surface area contributed by atoms with Gasteiger partial charge in [-0.2, -0.15) is 23.4 Å². The van der Waals surface area contributed by atoms with Gasteiger partial charge in [0.25, 0.3) is 5.91 Å². The summed E-state index contributed by atoms with van der Waals surface area (Å²) in [5.41, 5.74) is -1.23. The number of aromatic nitrogens is 3. The van der Waals surface area contributed by atoms with Crippen LogP contribution in [0, 0.1) is 5.82 Å². The summed E-state index contributed by atoms with van der Waals surface area (Å²) in [5, 5.41) is 13.1. The Kier molecular flexibility index (Phi) is 8.36. The summed E-state index contributed by atoms with van der Waals surface area (Å²) in [6, 6.07) is 9.01. The second kappa shape index (κ2) is 12.1. The molecule has 5 rings (SSSR count). The van der Waals surface area contributed by atoms with Gasteiger partial charge in [-0.15, -0.1) is 0 Å². The van der Waals surface area contributed by atoms with Gasteiger partial charge in [-0.25, -0.2) is 9.37 Å². The van der Waals surface area contributed by atoms with Crippen molar-refractivity contribution < 1.29 is 31.5 Å². The molecule has 1 fully saturated rings. The minimum atomic E-state index is -4.92. The monoisotopic (exact) mass is 585 g/mol. The highest BCUT2D eigenvalue weighted by molar-refractivity contribution is 6.05. The number of carbonyl (C=O) groups excluding carboxylic acids is 1. The van der Waals surface area contributed by atoms with Gasteiger partial charge in [0.15, 0.2) is 17.3 Å². The van der Waals surface area contributed by atoms with E-state index in [2.05, 4.69) is 25.8 Å². The Bertz CT molecular complexity index is 1550. The molecule has 0 bridgehead atoms. The first-order chi connectivity index (χ1) is 20.2. The van der Waals surface area contributed by atoms with Crippen molar-refractivity contribution in [2.45, 2.75) is 12.2 Å². The van der Waals surface area contributed by atoms with Gasteiger partial charge in [0, 0.05) is 32.2 Å². The van der Waals surface area contributed by atoms with Crippen LogP contribution in [-0.4, -0.2) is 72.3 Å². The second-order valence-electron chi connectivity index (χ2n) is 9.63. The van der Waals surface area contributed by atoms with E-state index >= 15 is 0 Å². The third-order valence-electron chi connectivity index (χ3n) is 6.83. The van der Waals surface area contributed by atoms with Crippen molar-refractivity contribution in [3.63, 3.8) is 0 Å². The quantitative estimate of drug-likeness (QED) is 0.285. The van der Waals surface area contributed by atoms with Crippen LogP contribution in [-0.2, 0) is 6.18 Å². The zero-order valence-electron chi connectivity index (χ0n) is 22.7. The average molecular weight is 586 g/mol. The number of anilines is 2. The molecule has 0 unspecified atom stereocenters. The summed E-state index contributed by atoms with van der Waals surface area (Å²) in [7, 11) is 3.65. The number of oxazole rings is 1. The van der Waals surface area contributed by atoms with Crippen LogP contribution < -0.4 is 20.3 Å². The topological polar surface area (TPSA) is 109 Å². The summed E-state index contributed by atoms with van der Waals surface area (Å²) < 4.78 is 69.8. The molecule has 220 valence electrons. The maximum absolute atomic E-state index is 14.8. The van der Waals surface area contributed by atoms with Crippen LogP contribution in [0.1, 0.15) is 16.1 Å². The van der Waals surface area contributed by atoms with Crippen molar-refractivity contribution >= 4 is 17.3 Å². The van der Waals surface area contributed by atoms with Gasteiger partial charge in [0.1, 0.15) is 17.6 Å². The number of likely N-dealkylation sites (N-methyl/N-ethyl adjacent to an activating group) is 2. The first-order valence-corrected chi connectivity index (χ1v) is 13.0. The van der Waals surface area contributed by atoms with E-state index in [0.717, 1.165) is 18.4 Å². The van der Waals surface area contributed by atoms with Crippen LogP contribution in [0.4, 0.5) is 28.9 Å². The Balaban J connectivity index is 1.57.